The highest BCUT2D eigenvalue weighted by Gasteiger charge is 2.67. The lowest BCUT2D eigenvalue weighted by molar-refractivity contribution is -0.126. The molecule has 6 nitrogen and oxygen atoms in total. The summed E-state index contributed by atoms with van der Waals surface area (Å²) in [6.45, 7) is 2.12. The van der Waals surface area contributed by atoms with Gasteiger partial charge in [0.1, 0.15) is 6.04 Å². The fourth-order valence-corrected chi connectivity index (χ4v) is 6.78. The smallest absolute Gasteiger partial charge is 0.303 e. The van der Waals surface area contributed by atoms with Crippen LogP contribution in [0.3, 0.4) is 0 Å². The summed E-state index contributed by atoms with van der Waals surface area (Å²) in [6, 6.07) is 4.83. The van der Waals surface area contributed by atoms with Crippen molar-refractivity contribution in [3.63, 3.8) is 0 Å². The Balaban J connectivity index is 1.61. The molecule has 1 spiro atoms. The molecule has 2 amide bonds. The summed E-state index contributed by atoms with van der Waals surface area (Å²) in [5, 5.41) is 5.23. The number of amides is 2. The van der Waals surface area contributed by atoms with Gasteiger partial charge in [0.25, 0.3) is 0 Å². The predicted octanol–water partition coefficient (Wildman–Crippen LogP) is 2.61. The van der Waals surface area contributed by atoms with Crippen molar-refractivity contribution in [1.82, 2.24) is 9.78 Å². The van der Waals surface area contributed by atoms with Gasteiger partial charge in [0.2, 0.25) is 5.91 Å². The molecule has 0 saturated heterocycles. The Kier molecular flexibility index (Phi) is 3.68. The largest absolute Gasteiger partial charge is 0.368 e. The van der Waals surface area contributed by atoms with Gasteiger partial charge in [0.15, 0.2) is 0 Å². The van der Waals surface area contributed by atoms with Crippen LogP contribution in [0.4, 0.5) is 5.69 Å². The van der Waals surface area contributed by atoms with Crippen LogP contribution in [0, 0.1) is 35.0 Å². The first-order valence-electron chi connectivity index (χ1n) is 10.3. The minimum Gasteiger partial charge on any atom is -0.368 e. The van der Waals surface area contributed by atoms with Crippen LogP contribution in [0.15, 0.2) is 24.4 Å². The van der Waals surface area contributed by atoms with E-state index in [1.807, 2.05) is 25.2 Å². The summed E-state index contributed by atoms with van der Waals surface area (Å²) in [5.41, 5.74) is 7.39. The molecule has 2 aromatic rings. The molecule has 5 rings (SSSR count). The first-order valence-corrected chi connectivity index (χ1v) is 10.3. The second-order valence-corrected chi connectivity index (χ2v) is 9.74. The third-order valence-corrected chi connectivity index (χ3v) is 7.72. The van der Waals surface area contributed by atoms with Crippen LogP contribution in [0.25, 0.3) is 10.9 Å². The summed E-state index contributed by atoms with van der Waals surface area (Å²) < 4.78 is 1.74. The van der Waals surface area contributed by atoms with Crippen LogP contribution in [0.5, 0.6) is 0 Å². The molecule has 0 aliphatic heterocycles. The van der Waals surface area contributed by atoms with E-state index in [4.69, 9.17) is 12.2 Å². The maximum absolute atomic E-state index is 12.9. The summed E-state index contributed by atoms with van der Waals surface area (Å²) in [4.78, 5) is 27.2. The number of anilines is 1. The molecule has 5 unspecified atom stereocenters. The molecule has 1 aromatic heterocycles. The van der Waals surface area contributed by atoms with Crippen LogP contribution in [0.1, 0.15) is 39.0 Å². The second-order valence-electron chi connectivity index (χ2n) is 9.74. The number of nitrogens with zero attached hydrogens (tertiary/aromatic N) is 3. The normalized spacial score (nSPS) is 33.0. The van der Waals surface area contributed by atoms with Gasteiger partial charge in [-0.2, -0.15) is 5.10 Å². The number of nitrogens with two attached hydrogens (primary N) is 1. The van der Waals surface area contributed by atoms with Gasteiger partial charge in [0, 0.05) is 18.1 Å². The molecule has 1 heterocycles. The van der Waals surface area contributed by atoms with E-state index in [1.165, 1.54) is 24.2 Å². The Morgan fingerprint density at radius 1 is 1.38 bits per heavy atom. The number of hydrogen-bond donors (Lipinski definition) is 1. The Morgan fingerprint density at radius 2 is 2.17 bits per heavy atom. The van der Waals surface area contributed by atoms with Gasteiger partial charge in [0.05, 0.1) is 11.7 Å². The van der Waals surface area contributed by atoms with Crippen molar-refractivity contribution < 1.29 is 9.59 Å². The molecular formula is C23H26N4O2. The zero-order valence-corrected chi connectivity index (χ0v) is 16.9. The van der Waals surface area contributed by atoms with E-state index in [0.717, 1.165) is 29.7 Å². The number of terminal acetylenes is 1. The lowest BCUT2D eigenvalue weighted by Crippen LogP contribution is -2.58. The molecule has 3 saturated carbocycles. The van der Waals surface area contributed by atoms with Gasteiger partial charge >= 0.3 is 5.91 Å². The van der Waals surface area contributed by atoms with E-state index in [2.05, 4.69) is 17.9 Å². The van der Waals surface area contributed by atoms with Crippen LogP contribution in [-0.4, -0.2) is 27.6 Å². The highest BCUT2D eigenvalue weighted by molar-refractivity contribution is 6.10. The van der Waals surface area contributed by atoms with Crippen molar-refractivity contribution in [1.29, 1.82) is 0 Å². The van der Waals surface area contributed by atoms with Crippen molar-refractivity contribution in [3.8, 4) is 12.3 Å². The quantitative estimate of drug-likeness (QED) is 0.815. The summed E-state index contributed by atoms with van der Waals surface area (Å²) in [6.07, 6.45) is 12.9. The Morgan fingerprint density at radius 3 is 2.86 bits per heavy atom. The third-order valence-electron chi connectivity index (χ3n) is 7.72. The topological polar surface area (TPSA) is 81.2 Å². The maximum atomic E-state index is 12.9. The lowest BCUT2D eigenvalue weighted by Gasteiger charge is -2.47. The minimum atomic E-state index is -0.768. The number of aryl methyl sites for hydroxylation is 1. The van der Waals surface area contributed by atoms with E-state index in [-0.39, 0.29) is 5.41 Å². The Labute approximate surface area is 170 Å². The Hall–Kier alpha value is -2.81. The SMILES string of the molecule is C#CC(=O)N(c1ccc2cnn(C)c2c1)C(C(N)=O)C1(C)CC2CC3CC3(C2)C1. The van der Waals surface area contributed by atoms with Gasteiger partial charge in [-0.3, -0.25) is 19.2 Å². The lowest BCUT2D eigenvalue weighted by atomic mass is 9.63. The number of carbonyl (C=O) groups excluding carboxylic acids is 2. The number of benzene rings is 1. The monoisotopic (exact) mass is 390 g/mol. The zero-order valence-electron chi connectivity index (χ0n) is 16.9. The van der Waals surface area contributed by atoms with E-state index in [9.17, 15) is 9.59 Å². The molecule has 6 heteroatoms. The predicted molar refractivity (Wildman–Crippen MR) is 111 cm³/mol. The van der Waals surface area contributed by atoms with E-state index in [1.54, 1.807) is 10.9 Å². The van der Waals surface area contributed by atoms with Crippen molar-refractivity contribution >= 4 is 28.4 Å². The molecule has 3 aliphatic carbocycles. The summed E-state index contributed by atoms with van der Waals surface area (Å²) in [7, 11) is 1.84. The molecular weight excluding hydrogens is 364 g/mol. The molecule has 1 aromatic carbocycles. The molecule has 5 atom stereocenters. The van der Waals surface area contributed by atoms with E-state index in [0.29, 0.717) is 17.0 Å². The van der Waals surface area contributed by atoms with Gasteiger partial charge in [-0.1, -0.05) is 6.92 Å². The van der Waals surface area contributed by atoms with Crippen molar-refractivity contribution in [2.75, 3.05) is 4.90 Å². The zero-order chi connectivity index (χ0) is 20.6. The fourth-order valence-electron chi connectivity index (χ4n) is 6.78. The summed E-state index contributed by atoms with van der Waals surface area (Å²) >= 11 is 0. The second kappa shape index (κ2) is 5.85. The number of carbonyl (C=O) groups is 2. The summed E-state index contributed by atoms with van der Waals surface area (Å²) in [5.74, 6) is 2.60. The standard InChI is InChI=1S/C23H26N4O2/c1-4-19(28)27(17-6-5-15-12-25-26(3)18(15)8-17)20(21(24)29)22(2)9-14-7-16-11-23(16,10-14)13-22/h1,5-6,8,12,14,16,20H,7,9-11,13H2,2-3H3,(H2,24,29). The van der Waals surface area contributed by atoms with Crippen molar-refractivity contribution in [2.24, 2.45) is 35.4 Å². The molecule has 150 valence electrons. The molecule has 2 N–H and O–H groups in total. The van der Waals surface area contributed by atoms with Gasteiger partial charge in [-0.15, -0.1) is 6.42 Å². The number of fused-ring (bicyclic) bond motifs is 2. The van der Waals surface area contributed by atoms with Crippen molar-refractivity contribution in [2.45, 2.75) is 45.1 Å². The minimum absolute atomic E-state index is 0.349. The fraction of sp³-hybridized carbons (Fsp3) is 0.522. The van der Waals surface area contributed by atoms with E-state index < -0.39 is 17.9 Å². The highest BCUT2D eigenvalue weighted by Crippen LogP contribution is 2.74. The highest BCUT2D eigenvalue weighted by atomic mass is 16.2. The average molecular weight is 390 g/mol. The molecule has 0 radical (unpaired) electrons. The number of primary amides is 1. The molecule has 3 aliphatic rings. The Bertz CT molecular complexity index is 1080. The maximum Gasteiger partial charge on any atom is 0.303 e. The van der Waals surface area contributed by atoms with E-state index >= 15 is 0 Å². The van der Waals surface area contributed by atoms with Crippen molar-refractivity contribution in [3.05, 3.63) is 24.4 Å². The van der Waals surface area contributed by atoms with Crippen LogP contribution in [0.2, 0.25) is 0 Å². The molecule has 2 bridgehead atoms. The number of hydrogen-bond acceptors (Lipinski definition) is 3. The third kappa shape index (κ3) is 2.60. The molecule has 29 heavy (non-hydrogen) atoms. The molecule has 3 fully saturated rings. The number of aromatic nitrogens is 2. The van der Waals surface area contributed by atoms with Gasteiger partial charge < -0.3 is 5.73 Å². The van der Waals surface area contributed by atoms with Crippen LogP contribution < -0.4 is 10.6 Å². The van der Waals surface area contributed by atoms with Crippen LogP contribution in [-0.2, 0) is 16.6 Å². The van der Waals surface area contributed by atoms with Crippen LogP contribution >= 0.6 is 0 Å². The van der Waals surface area contributed by atoms with Gasteiger partial charge in [-0.25, -0.2) is 0 Å². The first kappa shape index (κ1) is 18.2. The first-order chi connectivity index (χ1) is 13.8. The van der Waals surface area contributed by atoms with Gasteiger partial charge in [-0.05, 0) is 78.9 Å². The number of rotatable bonds is 4. The average Bonchev–Trinajstić information content (AvgIpc) is 3.02.